The number of thioether (sulfide) groups is 1. The zero-order valence-corrected chi connectivity index (χ0v) is 12.3. The lowest BCUT2D eigenvalue weighted by Crippen LogP contribution is -2.51. The van der Waals surface area contributed by atoms with Crippen LogP contribution in [0.2, 0.25) is 0 Å². The Balaban J connectivity index is 2.29. The summed E-state index contributed by atoms with van der Waals surface area (Å²) in [6.07, 6.45) is 1.95. The Morgan fingerprint density at radius 2 is 1.90 bits per heavy atom. The third kappa shape index (κ3) is 3.49. The number of nitrogens with one attached hydrogen (secondary N) is 1. The van der Waals surface area contributed by atoms with Crippen molar-refractivity contribution in [2.75, 3.05) is 39.0 Å². The Morgan fingerprint density at radius 1 is 1.30 bits per heavy atom. The Bertz CT molecular complexity index is 422. The lowest BCUT2D eigenvalue weighted by molar-refractivity contribution is -0.118. The van der Waals surface area contributed by atoms with Gasteiger partial charge in [-0.25, -0.2) is 8.78 Å². The van der Waals surface area contributed by atoms with Crippen LogP contribution in [0.25, 0.3) is 0 Å². The van der Waals surface area contributed by atoms with Crippen LogP contribution in [0.4, 0.5) is 8.78 Å². The number of nitrogens with zero attached hydrogens (tertiary/aromatic N) is 1. The molecule has 1 atom stereocenters. The number of rotatable bonds is 5. The second kappa shape index (κ2) is 6.85. The highest BCUT2D eigenvalue weighted by Crippen LogP contribution is 2.36. The Morgan fingerprint density at radius 3 is 2.40 bits per heavy atom. The van der Waals surface area contributed by atoms with Crippen molar-refractivity contribution in [2.24, 2.45) is 0 Å². The molecule has 0 unspecified atom stereocenters. The largest absolute Gasteiger partial charge is 0.390 e. The molecular formula is C14H20F2N2OS. The molecule has 1 aromatic rings. The molecule has 6 heteroatoms. The zero-order valence-electron chi connectivity index (χ0n) is 11.5. The smallest absolute Gasteiger partial charge is 0.289 e. The topological polar surface area (TPSA) is 35.5 Å². The summed E-state index contributed by atoms with van der Waals surface area (Å²) in [4.78, 5) is 2.79. The minimum atomic E-state index is -3.14. The number of aliphatic hydroxyl groups is 1. The van der Waals surface area contributed by atoms with E-state index in [0.29, 0.717) is 31.7 Å². The number of benzene rings is 1. The molecule has 0 aromatic heterocycles. The van der Waals surface area contributed by atoms with Gasteiger partial charge >= 0.3 is 0 Å². The van der Waals surface area contributed by atoms with Crippen molar-refractivity contribution >= 4 is 11.8 Å². The maximum absolute atomic E-state index is 14.2. The van der Waals surface area contributed by atoms with Gasteiger partial charge in [0.15, 0.2) is 0 Å². The molecule has 0 bridgehead atoms. The van der Waals surface area contributed by atoms with Gasteiger partial charge in [-0.05, 0) is 24.0 Å². The van der Waals surface area contributed by atoms with E-state index >= 15 is 0 Å². The van der Waals surface area contributed by atoms with Crippen molar-refractivity contribution in [3.8, 4) is 0 Å². The fraction of sp³-hybridized carbons (Fsp3) is 0.571. The first-order valence-electron chi connectivity index (χ1n) is 6.66. The highest BCUT2D eigenvalue weighted by Gasteiger charge is 2.43. The molecule has 2 N–H and O–H groups in total. The molecule has 3 nitrogen and oxygen atoms in total. The monoisotopic (exact) mass is 302 g/mol. The summed E-state index contributed by atoms with van der Waals surface area (Å²) >= 11 is 1.58. The SMILES string of the molecule is CSc1ccc([C@H](N2CCNCC2)C(F)(F)CO)cc1. The van der Waals surface area contributed by atoms with Crippen LogP contribution in [0.1, 0.15) is 11.6 Å². The number of halogens is 2. The first-order valence-corrected chi connectivity index (χ1v) is 7.88. The van der Waals surface area contributed by atoms with Crippen LogP contribution in [0, 0.1) is 0 Å². The van der Waals surface area contributed by atoms with Gasteiger partial charge in [-0.15, -0.1) is 11.8 Å². The molecule has 0 spiro atoms. The Labute approximate surface area is 122 Å². The number of hydrogen-bond acceptors (Lipinski definition) is 4. The average molecular weight is 302 g/mol. The number of aliphatic hydroxyl groups excluding tert-OH is 1. The molecule has 1 aliphatic heterocycles. The maximum Gasteiger partial charge on any atom is 0.289 e. The summed E-state index contributed by atoms with van der Waals surface area (Å²) in [5, 5.41) is 12.2. The predicted octanol–water partition coefficient (Wildman–Crippen LogP) is 1.98. The Hall–Kier alpha value is -0.690. The molecule has 2 rings (SSSR count). The first kappa shape index (κ1) is 15.7. The lowest BCUT2D eigenvalue weighted by atomic mass is 9.98. The third-order valence-electron chi connectivity index (χ3n) is 3.56. The first-order chi connectivity index (χ1) is 9.58. The fourth-order valence-corrected chi connectivity index (χ4v) is 2.94. The van der Waals surface area contributed by atoms with Crippen LogP contribution in [-0.4, -0.2) is 55.0 Å². The van der Waals surface area contributed by atoms with Crippen molar-refractivity contribution in [2.45, 2.75) is 16.9 Å². The van der Waals surface area contributed by atoms with Gasteiger partial charge in [-0.3, -0.25) is 4.90 Å². The molecule has 0 aliphatic carbocycles. The Kier molecular flexibility index (Phi) is 5.37. The van der Waals surface area contributed by atoms with E-state index in [1.807, 2.05) is 18.4 Å². The van der Waals surface area contributed by atoms with Gasteiger partial charge < -0.3 is 10.4 Å². The van der Waals surface area contributed by atoms with Gasteiger partial charge in [-0.2, -0.15) is 0 Å². The van der Waals surface area contributed by atoms with E-state index in [9.17, 15) is 8.78 Å². The van der Waals surface area contributed by atoms with E-state index in [0.717, 1.165) is 4.90 Å². The van der Waals surface area contributed by atoms with Crippen LogP contribution in [-0.2, 0) is 0 Å². The lowest BCUT2D eigenvalue weighted by Gasteiger charge is -2.38. The van der Waals surface area contributed by atoms with E-state index in [1.54, 1.807) is 28.8 Å². The second-order valence-electron chi connectivity index (χ2n) is 4.88. The molecule has 1 aliphatic rings. The van der Waals surface area contributed by atoms with Crippen molar-refractivity contribution in [1.82, 2.24) is 10.2 Å². The normalized spacial score (nSPS) is 19.0. The molecular weight excluding hydrogens is 282 g/mol. The molecule has 112 valence electrons. The highest BCUT2D eigenvalue weighted by molar-refractivity contribution is 7.98. The average Bonchev–Trinajstić information content (AvgIpc) is 2.49. The van der Waals surface area contributed by atoms with E-state index in [-0.39, 0.29) is 0 Å². The van der Waals surface area contributed by atoms with Crippen LogP contribution in [0.5, 0.6) is 0 Å². The molecule has 0 saturated carbocycles. The van der Waals surface area contributed by atoms with Crippen molar-refractivity contribution in [3.05, 3.63) is 29.8 Å². The molecule has 20 heavy (non-hydrogen) atoms. The fourth-order valence-electron chi connectivity index (χ4n) is 2.53. The maximum atomic E-state index is 14.2. The minimum Gasteiger partial charge on any atom is -0.390 e. The summed E-state index contributed by atoms with van der Waals surface area (Å²) in [7, 11) is 0. The summed E-state index contributed by atoms with van der Waals surface area (Å²) in [5.41, 5.74) is 0.559. The van der Waals surface area contributed by atoms with Crippen molar-refractivity contribution < 1.29 is 13.9 Å². The quantitative estimate of drug-likeness (QED) is 0.815. The number of piperazine rings is 1. The minimum absolute atomic E-state index is 0.559. The van der Waals surface area contributed by atoms with Crippen LogP contribution < -0.4 is 5.32 Å². The van der Waals surface area contributed by atoms with Gasteiger partial charge in [0.2, 0.25) is 0 Å². The van der Waals surface area contributed by atoms with Crippen LogP contribution in [0.15, 0.2) is 29.2 Å². The standard InChI is InChI=1S/C14H20F2N2OS/c1-20-12-4-2-11(3-5-12)13(14(15,16)10-19)18-8-6-17-7-9-18/h2-5,13,17,19H,6-10H2,1H3/t13-/m0/s1. The van der Waals surface area contributed by atoms with Gasteiger partial charge in [0, 0.05) is 31.1 Å². The van der Waals surface area contributed by atoms with Gasteiger partial charge in [0.1, 0.15) is 12.6 Å². The van der Waals surface area contributed by atoms with Gasteiger partial charge in [0.05, 0.1) is 0 Å². The third-order valence-corrected chi connectivity index (χ3v) is 4.30. The van der Waals surface area contributed by atoms with E-state index in [4.69, 9.17) is 5.11 Å². The zero-order chi connectivity index (χ0) is 14.6. The van der Waals surface area contributed by atoms with Crippen LogP contribution in [0.3, 0.4) is 0 Å². The highest BCUT2D eigenvalue weighted by atomic mass is 32.2. The molecule has 1 heterocycles. The van der Waals surface area contributed by atoms with E-state index in [2.05, 4.69) is 5.32 Å². The summed E-state index contributed by atoms with van der Waals surface area (Å²) in [6, 6.07) is 6.11. The van der Waals surface area contributed by atoms with Gasteiger partial charge in [-0.1, -0.05) is 12.1 Å². The molecule has 0 radical (unpaired) electrons. The molecule has 0 amide bonds. The van der Waals surface area contributed by atoms with Crippen LogP contribution >= 0.6 is 11.8 Å². The van der Waals surface area contributed by atoms with E-state index in [1.165, 1.54) is 0 Å². The van der Waals surface area contributed by atoms with Crippen molar-refractivity contribution in [3.63, 3.8) is 0 Å². The number of alkyl halides is 2. The summed E-state index contributed by atoms with van der Waals surface area (Å²) in [6.45, 7) is 1.38. The number of hydrogen-bond donors (Lipinski definition) is 2. The van der Waals surface area contributed by atoms with E-state index < -0.39 is 18.6 Å². The molecule has 1 fully saturated rings. The van der Waals surface area contributed by atoms with Crippen molar-refractivity contribution in [1.29, 1.82) is 0 Å². The van der Waals surface area contributed by atoms with Gasteiger partial charge in [0.25, 0.3) is 5.92 Å². The second-order valence-corrected chi connectivity index (χ2v) is 5.76. The molecule has 1 aromatic carbocycles. The summed E-state index contributed by atoms with van der Waals surface area (Å²) in [5.74, 6) is -3.14. The predicted molar refractivity (Wildman–Crippen MR) is 77.4 cm³/mol. The molecule has 1 saturated heterocycles. The summed E-state index contributed by atoms with van der Waals surface area (Å²) < 4.78 is 28.3.